The molecule has 5 heteroatoms. The molecule has 0 nitrogen and oxygen atoms in total. The van der Waals surface area contributed by atoms with Gasteiger partial charge in [0.15, 0.2) is 0 Å². The summed E-state index contributed by atoms with van der Waals surface area (Å²) in [5, 5.41) is 0. The minimum absolute atomic E-state index is 0. The van der Waals surface area contributed by atoms with E-state index in [0.717, 1.165) is 0 Å². The summed E-state index contributed by atoms with van der Waals surface area (Å²) in [6.45, 7) is 0. The van der Waals surface area contributed by atoms with E-state index in [2.05, 4.69) is 0 Å². The SMILES string of the molecule is C.S.[Cl][Ru]([Cl])[Cl]. The Kier molecular flexibility index (Phi) is 26.0. The van der Waals surface area contributed by atoms with Crippen molar-refractivity contribution in [3.8, 4) is 0 Å². The van der Waals surface area contributed by atoms with E-state index >= 15 is 0 Å². The Morgan fingerprint density at radius 2 is 1.00 bits per heavy atom. The van der Waals surface area contributed by atoms with E-state index in [1.165, 1.54) is 0 Å². The number of hydrogen-bond donors (Lipinski definition) is 0. The maximum atomic E-state index is 4.95. The van der Waals surface area contributed by atoms with E-state index in [0.29, 0.717) is 0 Å². The van der Waals surface area contributed by atoms with Crippen LogP contribution in [0.4, 0.5) is 0 Å². The third-order valence-corrected chi connectivity index (χ3v) is 0. The van der Waals surface area contributed by atoms with Gasteiger partial charge in [0.25, 0.3) is 0 Å². The third-order valence-electron chi connectivity index (χ3n) is 0. The Labute approximate surface area is 62.6 Å². The van der Waals surface area contributed by atoms with Gasteiger partial charge in [0.2, 0.25) is 0 Å². The van der Waals surface area contributed by atoms with E-state index in [1.807, 2.05) is 0 Å². The summed E-state index contributed by atoms with van der Waals surface area (Å²) in [4.78, 5) is 0. The van der Waals surface area contributed by atoms with Crippen molar-refractivity contribution in [3.63, 3.8) is 0 Å². The van der Waals surface area contributed by atoms with Gasteiger partial charge in [0.05, 0.1) is 0 Å². The molecule has 0 N–H and O–H groups in total. The average molecular weight is 258 g/mol. The summed E-state index contributed by atoms with van der Waals surface area (Å²) in [5.41, 5.74) is 0. The first-order valence-corrected chi connectivity index (χ1v) is 7.12. The fraction of sp³-hybridized carbons (Fsp3) is 1.00. The molecule has 0 atom stereocenters. The minimum atomic E-state index is -1.75. The van der Waals surface area contributed by atoms with Crippen LogP contribution in [0.5, 0.6) is 0 Å². The molecule has 0 amide bonds. The van der Waals surface area contributed by atoms with Crippen molar-refractivity contribution in [3.05, 3.63) is 0 Å². The zero-order chi connectivity index (χ0) is 3.58. The molecule has 45 valence electrons. The monoisotopic (exact) mass is 257 g/mol. The molecule has 0 saturated heterocycles. The normalized spacial score (nSPS) is 7.50. The van der Waals surface area contributed by atoms with Gasteiger partial charge in [0.1, 0.15) is 0 Å². The fourth-order valence-corrected chi connectivity index (χ4v) is 0. The van der Waals surface area contributed by atoms with Crippen LogP contribution >= 0.6 is 42.6 Å². The van der Waals surface area contributed by atoms with E-state index in [9.17, 15) is 0 Å². The van der Waals surface area contributed by atoms with Crippen molar-refractivity contribution in [2.24, 2.45) is 0 Å². The number of rotatable bonds is 0. The van der Waals surface area contributed by atoms with Gasteiger partial charge in [-0.25, -0.2) is 0 Å². The molecule has 0 radical (unpaired) electrons. The van der Waals surface area contributed by atoms with Crippen LogP contribution < -0.4 is 0 Å². The van der Waals surface area contributed by atoms with E-state index in [-0.39, 0.29) is 20.9 Å². The second kappa shape index (κ2) is 9.96. The predicted molar refractivity (Wildman–Crippen MR) is 34.7 cm³/mol. The van der Waals surface area contributed by atoms with Gasteiger partial charge in [-0.15, -0.1) is 0 Å². The zero-order valence-corrected chi connectivity index (χ0v) is 6.99. The first-order valence-electron chi connectivity index (χ1n) is 0.401. The van der Waals surface area contributed by atoms with Gasteiger partial charge in [-0.1, -0.05) is 7.43 Å². The van der Waals surface area contributed by atoms with Crippen molar-refractivity contribution in [1.82, 2.24) is 0 Å². The first-order chi connectivity index (χ1) is 1.73. The molecule has 0 bridgehead atoms. The molecule has 0 aromatic heterocycles. The van der Waals surface area contributed by atoms with Gasteiger partial charge in [-0.3, -0.25) is 0 Å². The molecule has 0 aromatic rings. The zero-order valence-electron chi connectivity index (χ0n) is 1.99. The number of halogens is 3. The molecule has 0 heterocycles. The second-order valence-corrected chi connectivity index (χ2v) is 8.07. The first kappa shape index (κ1) is 15.7. The summed E-state index contributed by atoms with van der Waals surface area (Å²) in [7, 11) is 14.8. The van der Waals surface area contributed by atoms with Crippen molar-refractivity contribution >= 4 is 42.6 Å². The summed E-state index contributed by atoms with van der Waals surface area (Å²) < 4.78 is 0. The Balaban J connectivity index is -0.0000000450. The van der Waals surface area contributed by atoms with Crippen LogP contribution in [-0.4, -0.2) is 0 Å². The molecule has 0 saturated carbocycles. The molecule has 0 aliphatic heterocycles. The van der Waals surface area contributed by atoms with Crippen LogP contribution in [0.1, 0.15) is 7.43 Å². The molecular formula is CH6Cl3RuS. The van der Waals surface area contributed by atoms with Crippen LogP contribution in [0.25, 0.3) is 0 Å². The van der Waals surface area contributed by atoms with Crippen molar-refractivity contribution in [2.45, 2.75) is 7.43 Å². The molecule has 0 unspecified atom stereocenters. The molecule has 0 aromatic carbocycles. The number of hydrogen-bond acceptors (Lipinski definition) is 0. The second-order valence-electron chi connectivity index (χ2n) is 0.152. The van der Waals surface area contributed by atoms with E-state index < -0.39 is 13.0 Å². The van der Waals surface area contributed by atoms with Gasteiger partial charge in [-0.05, 0) is 0 Å². The van der Waals surface area contributed by atoms with Crippen molar-refractivity contribution in [1.29, 1.82) is 0 Å². The van der Waals surface area contributed by atoms with Crippen LogP contribution in [0.15, 0.2) is 0 Å². The Morgan fingerprint density at radius 3 is 1.00 bits per heavy atom. The summed E-state index contributed by atoms with van der Waals surface area (Å²) in [5.74, 6) is 0. The third kappa shape index (κ3) is 40.3. The van der Waals surface area contributed by atoms with Gasteiger partial charge < -0.3 is 0 Å². The van der Waals surface area contributed by atoms with Crippen molar-refractivity contribution in [2.75, 3.05) is 0 Å². The van der Waals surface area contributed by atoms with E-state index in [4.69, 9.17) is 29.1 Å². The average Bonchev–Trinajstić information content (AvgIpc) is 0.811. The van der Waals surface area contributed by atoms with Crippen LogP contribution in [0, 0.1) is 0 Å². The van der Waals surface area contributed by atoms with Crippen LogP contribution in [-0.2, 0) is 13.0 Å². The fourth-order valence-electron chi connectivity index (χ4n) is 0. The molecule has 6 heavy (non-hydrogen) atoms. The Hall–Kier alpha value is 1.84. The quantitative estimate of drug-likeness (QED) is 0.586. The van der Waals surface area contributed by atoms with Crippen LogP contribution in [0.2, 0.25) is 0 Å². The molecule has 0 rings (SSSR count). The Bertz CT molecular complexity index is 15.5. The van der Waals surface area contributed by atoms with Gasteiger partial charge in [0, 0.05) is 0 Å². The maximum absolute atomic E-state index is 4.95. The molecule has 0 aliphatic rings. The molecule has 0 fully saturated rings. The summed E-state index contributed by atoms with van der Waals surface area (Å²) >= 11 is -1.75. The van der Waals surface area contributed by atoms with Crippen LogP contribution in [0.3, 0.4) is 0 Å². The van der Waals surface area contributed by atoms with Gasteiger partial charge in [-0.2, -0.15) is 13.5 Å². The Morgan fingerprint density at radius 1 is 1.00 bits per heavy atom. The van der Waals surface area contributed by atoms with Crippen molar-refractivity contribution < 1.29 is 13.0 Å². The molecular weight excluding hydrogens is 252 g/mol. The topological polar surface area (TPSA) is 0 Å². The molecule has 0 aliphatic carbocycles. The van der Waals surface area contributed by atoms with Gasteiger partial charge >= 0.3 is 42.1 Å². The van der Waals surface area contributed by atoms with E-state index in [1.54, 1.807) is 0 Å². The molecule has 0 spiro atoms. The summed E-state index contributed by atoms with van der Waals surface area (Å²) in [6, 6.07) is 0. The summed E-state index contributed by atoms with van der Waals surface area (Å²) in [6.07, 6.45) is 0. The predicted octanol–water partition coefficient (Wildman–Crippen LogP) is 2.81. The standard InChI is InChI=1S/CH4.3ClH.Ru.H2S/h1H4;3*1H;;1H2/q;;;;+3;/p-3.